The molecule has 0 radical (unpaired) electrons. The fourth-order valence-electron chi connectivity index (χ4n) is 4.20. The number of nitrogens with zero attached hydrogens (tertiary/aromatic N) is 2. The molecule has 0 bridgehead atoms. The van der Waals surface area contributed by atoms with E-state index in [9.17, 15) is 23.9 Å². The van der Waals surface area contributed by atoms with Crippen LogP contribution in [0.15, 0.2) is 35.1 Å². The van der Waals surface area contributed by atoms with Gasteiger partial charge in [0, 0.05) is 29.9 Å². The number of benzene rings is 1. The van der Waals surface area contributed by atoms with Gasteiger partial charge in [0.25, 0.3) is 5.56 Å². The molecular weight excluding hydrogens is 407 g/mol. The van der Waals surface area contributed by atoms with Crippen LogP contribution in [0.1, 0.15) is 30.0 Å². The monoisotopic (exact) mass is 424 g/mol. The van der Waals surface area contributed by atoms with Gasteiger partial charge in [0.15, 0.2) is 5.60 Å². The van der Waals surface area contributed by atoms with Crippen molar-refractivity contribution >= 4 is 22.8 Å². The molecule has 1 aromatic carbocycles. The molecule has 0 spiro atoms. The number of carbonyl (C=O) groups is 2. The van der Waals surface area contributed by atoms with Crippen LogP contribution in [-0.4, -0.2) is 33.2 Å². The maximum absolute atomic E-state index is 13.6. The van der Waals surface area contributed by atoms with Gasteiger partial charge >= 0.3 is 11.9 Å². The number of aromatic nitrogens is 2. The van der Waals surface area contributed by atoms with E-state index in [1.807, 2.05) is 0 Å². The van der Waals surface area contributed by atoms with E-state index < -0.39 is 23.1 Å². The SMILES string of the molecule is CC(=O)OCC[C@@]1(O)C(=O)OCc2c1cc1n(c2=O)Cc2cc3cc(F)ccc3nc2-1. The van der Waals surface area contributed by atoms with E-state index in [4.69, 9.17) is 9.47 Å². The highest BCUT2D eigenvalue weighted by molar-refractivity contribution is 5.86. The number of ether oxygens (including phenoxy) is 2. The van der Waals surface area contributed by atoms with Crippen molar-refractivity contribution in [2.45, 2.75) is 32.1 Å². The molecule has 8 nitrogen and oxygen atoms in total. The van der Waals surface area contributed by atoms with Crippen molar-refractivity contribution in [1.29, 1.82) is 0 Å². The molecular formula is C22H17FN2O6. The lowest BCUT2D eigenvalue weighted by Gasteiger charge is -2.32. The van der Waals surface area contributed by atoms with E-state index in [1.165, 1.54) is 23.6 Å². The number of carbonyl (C=O) groups excluding carboxylic acids is 2. The first-order valence-corrected chi connectivity index (χ1v) is 9.67. The van der Waals surface area contributed by atoms with Crippen LogP contribution in [0.2, 0.25) is 0 Å². The summed E-state index contributed by atoms with van der Waals surface area (Å²) in [5, 5.41) is 11.7. The molecule has 0 saturated carbocycles. The average Bonchev–Trinajstić information content (AvgIpc) is 3.07. The smallest absolute Gasteiger partial charge is 0.343 e. The Morgan fingerprint density at radius 3 is 2.90 bits per heavy atom. The van der Waals surface area contributed by atoms with E-state index in [0.29, 0.717) is 22.3 Å². The molecule has 3 aromatic rings. The molecule has 1 atom stereocenters. The molecule has 2 aliphatic heterocycles. The zero-order valence-electron chi connectivity index (χ0n) is 16.5. The topological polar surface area (TPSA) is 108 Å². The summed E-state index contributed by atoms with van der Waals surface area (Å²) in [4.78, 5) is 41.3. The van der Waals surface area contributed by atoms with Gasteiger partial charge in [-0.1, -0.05) is 0 Å². The number of hydrogen-bond donors (Lipinski definition) is 1. The van der Waals surface area contributed by atoms with Crippen molar-refractivity contribution in [1.82, 2.24) is 9.55 Å². The van der Waals surface area contributed by atoms with E-state index in [-0.39, 0.29) is 43.1 Å². The number of fused-ring (bicyclic) bond motifs is 5. The molecule has 0 unspecified atom stereocenters. The van der Waals surface area contributed by atoms with Crippen LogP contribution in [0.3, 0.4) is 0 Å². The first-order chi connectivity index (χ1) is 14.8. The molecule has 1 N–H and O–H groups in total. The molecule has 9 heteroatoms. The van der Waals surface area contributed by atoms with Gasteiger partial charge in [-0.05, 0) is 30.3 Å². The predicted molar refractivity (Wildman–Crippen MR) is 105 cm³/mol. The third-order valence-corrected chi connectivity index (χ3v) is 5.73. The van der Waals surface area contributed by atoms with Crippen molar-refractivity contribution in [3.63, 3.8) is 0 Å². The highest BCUT2D eigenvalue weighted by Gasteiger charge is 2.46. The van der Waals surface area contributed by atoms with Crippen molar-refractivity contribution < 1.29 is 28.6 Å². The van der Waals surface area contributed by atoms with Crippen LogP contribution in [-0.2, 0) is 37.8 Å². The minimum Gasteiger partial charge on any atom is -0.466 e. The summed E-state index contributed by atoms with van der Waals surface area (Å²) in [5.74, 6) is -1.84. The van der Waals surface area contributed by atoms with Gasteiger partial charge in [0.05, 0.1) is 35.6 Å². The number of hydrogen-bond acceptors (Lipinski definition) is 7. The number of halogens is 1. The van der Waals surface area contributed by atoms with Crippen LogP contribution >= 0.6 is 0 Å². The van der Waals surface area contributed by atoms with E-state index >= 15 is 0 Å². The van der Waals surface area contributed by atoms with Crippen LogP contribution in [0.5, 0.6) is 0 Å². The zero-order chi connectivity index (χ0) is 21.9. The Morgan fingerprint density at radius 1 is 1.32 bits per heavy atom. The third-order valence-electron chi connectivity index (χ3n) is 5.73. The van der Waals surface area contributed by atoms with Gasteiger partial charge in [-0.25, -0.2) is 14.2 Å². The molecule has 0 fully saturated rings. The second kappa shape index (κ2) is 6.71. The fourth-order valence-corrected chi connectivity index (χ4v) is 4.20. The van der Waals surface area contributed by atoms with Gasteiger partial charge in [0.2, 0.25) is 0 Å². The molecule has 2 aromatic heterocycles. The second-order valence-electron chi connectivity index (χ2n) is 7.67. The number of cyclic esters (lactones) is 1. The van der Waals surface area contributed by atoms with Crippen LogP contribution in [0.25, 0.3) is 22.3 Å². The Bertz CT molecular complexity index is 1350. The first-order valence-electron chi connectivity index (χ1n) is 9.67. The summed E-state index contributed by atoms with van der Waals surface area (Å²) in [6, 6.07) is 7.58. The van der Waals surface area contributed by atoms with Gasteiger partial charge in [-0.15, -0.1) is 0 Å². The van der Waals surface area contributed by atoms with Gasteiger partial charge in [0.1, 0.15) is 12.4 Å². The molecule has 0 saturated heterocycles. The highest BCUT2D eigenvalue weighted by Crippen LogP contribution is 2.38. The third kappa shape index (κ3) is 2.92. The molecule has 0 aliphatic carbocycles. The number of pyridine rings is 2. The minimum atomic E-state index is -2.12. The van der Waals surface area contributed by atoms with E-state index in [0.717, 1.165) is 5.56 Å². The quantitative estimate of drug-likeness (QED) is 0.500. The molecule has 158 valence electrons. The summed E-state index contributed by atoms with van der Waals surface area (Å²) in [6.45, 7) is 0.968. The van der Waals surface area contributed by atoms with E-state index in [1.54, 1.807) is 18.2 Å². The summed E-state index contributed by atoms with van der Waals surface area (Å²) in [6.07, 6.45) is -0.251. The molecule has 31 heavy (non-hydrogen) atoms. The maximum atomic E-state index is 13.6. The average molecular weight is 424 g/mol. The second-order valence-corrected chi connectivity index (χ2v) is 7.67. The van der Waals surface area contributed by atoms with E-state index in [2.05, 4.69) is 4.98 Å². The van der Waals surface area contributed by atoms with Gasteiger partial charge in [-0.3, -0.25) is 9.59 Å². The largest absolute Gasteiger partial charge is 0.466 e. The molecule has 4 heterocycles. The maximum Gasteiger partial charge on any atom is 0.343 e. The number of esters is 2. The lowest BCUT2D eigenvalue weighted by Crippen LogP contribution is -2.45. The van der Waals surface area contributed by atoms with Crippen molar-refractivity contribution in [3.8, 4) is 11.4 Å². The Balaban J connectivity index is 1.67. The number of aliphatic hydroxyl groups is 1. The Hall–Kier alpha value is -3.59. The van der Waals surface area contributed by atoms with Crippen LogP contribution < -0.4 is 5.56 Å². The van der Waals surface area contributed by atoms with Crippen LogP contribution in [0, 0.1) is 5.82 Å². The minimum absolute atomic E-state index is 0.126. The lowest BCUT2D eigenvalue weighted by atomic mass is 9.85. The Morgan fingerprint density at radius 2 is 2.13 bits per heavy atom. The highest BCUT2D eigenvalue weighted by atomic mass is 19.1. The lowest BCUT2D eigenvalue weighted by molar-refractivity contribution is -0.175. The fraction of sp³-hybridized carbons (Fsp3) is 0.273. The first kappa shape index (κ1) is 19.4. The molecule has 0 amide bonds. The predicted octanol–water partition coefficient (Wildman–Crippen LogP) is 1.76. The van der Waals surface area contributed by atoms with Crippen LogP contribution in [0.4, 0.5) is 4.39 Å². The molecule has 2 aliphatic rings. The van der Waals surface area contributed by atoms with Crippen molar-refractivity contribution in [3.05, 3.63) is 63.2 Å². The summed E-state index contributed by atoms with van der Waals surface area (Å²) in [7, 11) is 0. The van der Waals surface area contributed by atoms with Crippen molar-refractivity contribution in [2.75, 3.05) is 6.61 Å². The number of rotatable bonds is 3. The van der Waals surface area contributed by atoms with Crippen molar-refractivity contribution in [2.24, 2.45) is 0 Å². The standard InChI is InChI=1S/C22H17FN2O6/c1-11(26)30-5-4-22(29)16-8-18-19-13(6-12-7-14(23)2-3-17(12)24-19)9-25(18)20(27)15(16)10-31-21(22)28/h2-3,6-8,29H,4-5,9-10H2,1H3/t22-/m0/s1. The Kier molecular flexibility index (Phi) is 4.19. The van der Waals surface area contributed by atoms with Gasteiger partial charge < -0.3 is 19.1 Å². The summed E-state index contributed by atoms with van der Waals surface area (Å²) >= 11 is 0. The normalized spacial score (nSPS) is 18.9. The van der Waals surface area contributed by atoms with Gasteiger partial charge in [-0.2, -0.15) is 0 Å². The Labute approximate surface area is 174 Å². The zero-order valence-corrected chi connectivity index (χ0v) is 16.5. The summed E-state index contributed by atoms with van der Waals surface area (Å²) < 4.78 is 25.1. The molecule has 5 rings (SSSR count). The summed E-state index contributed by atoms with van der Waals surface area (Å²) in [5.41, 5.74) is 0.0280.